The first-order chi connectivity index (χ1) is 15.9. The second-order valence-corrected chi connectivity index (χ2v) is 9.64. The maximum atomic E-state index is 13.0. The summed E-state index contributed by atoms with van der Waals surface area (Å²) in [7, 11) is -3.73. The van der Waals surface area contributed by atoms with Crippen LogP contribution in [0.3, 0.4) is 0 Å². The van der Waals surface area contributed by atoms with Gasteiger partial charge in [0.15, 0.2) is 5.65 Å². The number of rotatable bonds is 5. The zero-order valence-corrected chi connectivity index (χ0v) is 18.7. The molecule has 5 rings (SSSR count). The van der Waals surface area contributed by atoms with Crippen molar-refractivity contribution in [1.82, 2.24) is 18.9 Å². The number of anilines is 1. The Morgan fingerprint density at radius 2 is 1.76 bits per heavy atom. The fraction of sp³-hybridized carbons (Fsp3) is 0.0800. The molecule has 3 heterocycles. The highest BCUT2D eigenvalue weighted by Crippen LogP contribution is 2.26. The highest BCUT2D eigenvalue weighted by Gasteiger charge is 2.19. The fourth-order valence-corrected chi connectivity index (χ4v) is 5.10. The topological polar surface area (TPSA) is 104 Å². The van der Waals surface area contributed by atoms with Crippen molar-refractivity contribution in [2.45, 2.75) is 18.2 Å². The van der Waals surface area contributed by atoms with Gasteiger partial charge in [-0.3, -0.25) is 0 Å². The predicted molar refractivity (Wildman–Crippen MR) is 128 cm³/mol. The Hall–Kier alpha value is -4.04. The van der Waals surface area contributed by atoms with Crippen molar-refractivity contribution in [3.63, 3.8) is 0 Å². The van der Waals surface area contributed by atoms with E-state index in [-0.39, 0.29) is 4.90 Å². The molecule has 7 nitrogen and oxygen atoms in total. The number of hydrogen-bond acceptors (Lipinski definition) is 6. The summed E-state index contributed by atoms with van der Waals surface area (Å²) in [6.07, 6.45) is 5.32. The maximum Gasteiger partial charge on any atom is 0.269 e. The minimum atomic E-state index is -3.73. The highest BCUT2D eigenvalue weighted by atomic mass is 32.2. The molecule has 8 heteroatoms. The van der Waals surface area contributed by atoms with Crippen molar-refractivity contribution >= 4 is 26.7 Å². The summed E-state index contributed by atoms with van der Waals surface area (Å²) >= 11 is 0. The molecule has 0 fully saturated rings. The highest BCUT2D eigenvalue weighted by molar-refractivity contribution is 7.90. The Bertz CT molecular complexity index is 1580. The summed E-state index contributed by atoms with van der Waals surface area (Å²) in [5, 5.41) is 0.707. The van der Waals surface area contributed by atoms with Crippen LogP contribution in [0.1, 0.15) is 16.8 Å². The van der Waals surface area contributed by atoms with E-state index < -0.39 is 10.0 Å². The van der Waals surface area contributed by atoms with Crippen molar-refractivity contribution in [3.8, 4) is 11.3 Å². The van der Waals surface area contributed by atoms with Crippen molar-refractivity contribution in [1.29, 1.82) is 0 Å². The summed E-state index contributed by atoms with van der Waals surface area (Å²) < 4.78 is 27.3. The smallest absolute Gasteiger partial charge is 0.269 e. The molecule has 2 aromatic carbocycles. The molecule has 5 aromatic rings. The molecule has 2 N–H and O–H groups in total. The molecule has 0 saturated heterocycles. The summed E-state index contributed by atoms with van der Waals surface area (Å²) in [4.78, 5) is 13.5. The first-order valence-corrected chi connectivity index (χ1v) is 11.8. The van der Waals surface area contributed by atoms with E-state index in [9.17, 15) is 8.42 Å². The average molecular weight is 456 g/mol. The monoisotopic (exact) mass is 455 g/mol. The van der Waals surface area contributed by atoms with E-state index in [0.717, 1.165) is 33.8 Å². The number of benzene rings is 2. The number of nitrogen functional groups attached to an aromatic ring is 1. The van der Waals surface area contributed by atoms with Gasteiger partial charge in [-0.1, -0.05) is 24.3 Å². The second-order valence-electron chi connectivity index (χ2n) is 7.82. The molecule has 0 aliphatic heterocycles. The summed E-state index contributed by atoms with van der Waals surface area (Å²) in [5.74, 6) is 0. The third kappa shape index (κ3) is 3.96. The largest absolute Gasteiger partial charge is 0.399 e. The molecular formula is C25H21N5O2S. The van der Waals surface area contributed by atoms with Crippen LogP contribution < -0.4 is 5.73 Å². The number of pyridine rings is 1. The number of aryl methyl sites for hydroxylation is 1. The van der Waals surface area contributed by atoms with Crippen LogP contribution in [-0.4, -0.2) is 27.3 Å². The van der Waals surface area contributed by atoms with Crippen molar-refractivity contribution in [2.24, 2.45) is 0 Å². The van der Waals surface area contributed by atoms with Crippen LogP contribution in [0.5, 0.6) is 0 Å². The van der Waals surface area contributed by atoms with Crippen LogP contribution in [0, 0.1) is 6.92 Å². The SMILES string of the molecule is Cc1ccc(N)cc1Cc1cc(-c2cnc3c(ccn3S(=O)(=O)c3ccccc3)c2)ncn1. The lowest BCUT2D eigenvalue weighted by molar-refractivity contribution is 0.589. The van der Waals surface area contributed by atoms with Gasteiger partial charge < -0.3 is 5.73 Å². The van der Waals surface area contributed by atoms with Gasteiger partial charge in [-0.2, -0.15) is 0 Å². The van der Waals surface area contributed by atoms with Gasteiger partial charge in [0.05, 0.1) is 10.6 Å². The van der Waals surface area contributed by atoms with Crippen LogP contribution in [0.2, 0.25) is 0 Å². The van der Waals surface area contributed by atoms with E-state index in [0.29, 0.717) is 17.5 Å². The van der Waals surface area contributed by atoms with Gasteiger partial charge in [-0.25, -0.2) is 27.3 Å². The maximum absolute atomic E-state index is 13.0. The average Bonchev–Trinajstić information content (AvgIpc) is 3.26. The molecule has 0 radical (unpaired) electrons. The lowest BCUT2D eigenvalue weighted by Crippen LogP contribution is -2.12. The molecule has 0 atom stereocenters. The third-order valence-electron chi connectivity index (χ3n) is 5.56. The van der Waals surface area contributed by atoms with Crippen LogP contribution in [-0.2, 0) is 16.4 Å². The molecule has 164 valence electrons. The lowest BCUT2D eigenvalue weighted by atomic mass is 10.0. The van der Waals surface area contributed by atoms with Gasteiger partial charge >= 0.3 is 0 Å². The van der Waals surface area contributed by atoms with Crippen LogP contribution in [0.4, 0.5) is 5.69 Å². The standard InChI is InChI=1S/C25H21N5O2S/c1-17-7-8-21(26)12-19(17)13-22-14-24(29-16-28-22)20-11-18-9-10-30(25(18)27-15-20)33(31,32)23-5-3-2-4-6-23/h2-12,14-16H,13,26H2,1H3. The molecule has 0 amide bonds. The number of fused-ring (bicyclic) bond motifs is 1. The number of hydrogen-bond donors (Lipinski definition) is 1. The molecule has 0 bridgehead atoms. The quantitative estimate of drug-likeness (QED) is 0.398. The molecule has 0 unspecified atom stereocenters. The van der Waals surface area contributed by atoms with Gasteiger partial charge in [-0.15, -0.1) is 0 Å². The van der Waals surface area contributed by atoms with E-state index in [1.807, 2.05) is 37.3 Å². The summed E-state index contributed by atoms with van der Waals surface area (Å²) in [6, 6.07) is 19.7. The van der Waals surface area contributed by atoms with Crippen LogP contribution >= 0.6 is 0 Å². The Morgan fingerprint density at radius 1 is 0.939 bits per heavy atom. The molecule has 0 aliphatic carbocycles. The van der Waals surface area contributed by atoms with E-state index in [1.165, 1.54) is 16.5 Å². The number of nitrogens with zero attached hydrogens (tertiary/aromatic N) is 4. The van der Waals surface area contributed by atoms with Crippen LogP contribution in [0.25, 0.3) is 22.3 Å². The minimum Gasteiger partial charge on any atom is -0.399 e. The van der Waals surface area contributed by atoms with Gasteiger partial charge in [0.25, 0.3) is 10.0 Å². The van der Waals surface area contributed by atoms with Gasteiger partial charge in [0, 0.05) is 41.1 Å². The molecule has 33 heavy (non-hydrogen) atoms. The number of aromatic nitrogens is 4. The van der Waals surface area contributed by atoms with E-state index >= 15 is 0 Å². The third-order valence-corrected chi connectivity index (χ3v) is 7.24. The van der Waals surface area contributed by atoms with Gasteiger partial charge in [-0.05, 0) is 60.5 Å². The van der Waals surface area contributed by atoms with Crippen molar-refractivity contribution in [2.75, 3.05) is 5.73 Å². The minimum absolute atomic E-state index is 0.214. The number of nitrogens with two attached hydrogens (primary N) is 1. The van der Waals surface area contributed by atoms with Gasteiger partial charge in [0.1, 0.15) is 6.33 Å². The summed E-state index contributed by atoms with van der Waals surface area (Å²) in [6.45, 7) is 2.04. The van der Waals surface area contributed by atoms with Gasteiger partial charge in [0.2, 0.25) is 0 Å². The lowest BCUT2D eigenvalue weighted by Gasteiger charge is -2.09. The zero-order valence-electron chi connectivity index (χ0n) is 17.9. The molecular weight excluding hydrogens is 434 g/mol. The fourth-order valence-electron chi connectivity index (χ4n) is 3.77. The van der Waals surface area contributed by atoms with Crippen molar-refractivity contribution in [3.05, 3.63) is 102 Å². The first-order valence-electron chi connectivity index (χ1n) is 10.4. The normalized spacial score (nSPS) is 11.7. The Morgan fingerprint density at radius 3 is 2.58 bits per heavy atom. The Balaban J connectivity index is 1.49. The Kier molecular flexibility index (Phi) is 5.14. The summed E-state index contributed by atoms with van der Waals surface area (Å²) in [5.41, 5.74) is 11.6. The van der Waals surface area contributed by atoms with E-state index in [1.54, 1.807) is 42.6 Å². The Labute approximate surface area is 191 Å². The first kappa shape index (κ1) is 20.8. The second kappa shape index (κ2) is 8.14. The molecule has 0 aliphatic rings. The predicted octanol–water partition coefficient (Wildman–Crippen LogP) is 4.21. The van der Waals surface area contributed by atoms with E-state index in [2.05, 4.69) is 15.0 Å². The van der Waals surface area contributed by atoms with Crippen LogP contribution in [0.15, 0.2) is 90.3 Å². The zero-order chi connectivity index (χ0) is 23.0. The molecule has 3 aromatic heterocycles. The molecule has 0 spiro atoms. The van der Waals surface area contributed by atoms with Crippen molar-refractivity contribution < 1.29 is 8.42 Å². The van der Waals surface area contributed by atoms with E-state index in [4.69, 9.17) is 5.73 Å². The molecule has 0 saturated carbocycles.